The number of hydrogen-bond donors (Lipinski definition) is 1. The highest BCUT2D eigenvalue weighted by Gasteiger charge is 2.22. The Labute approximate surface area is 203 Å². The topological polar surface area (TPSA) is 72.5 Å². The van der Waals surface area contributed by atoms with Gasteiger partial charge in [-0.1, -0.05) is 45.9 Å². The van der Waals surface area contributed by atoms with E-state index in [9.17, 15) is 17.6 Å². The molecule has 2 aromatic carbocycles. The molecule has 0 radical (unpaired) electrons. The fraction of sp³-hybridized carbons (Fsp3) is 0.519. The van der Waals surface area contributed by atoms with Crippen molar-refractivity contribution >= 4 is 21.5 Å². The summed E-state index contributed by atoms with van der Waals surface area (Å²) in [5.74, 6) is -0.348. The molecular weight excluding hydrogens is 453 g/mol. The Morgan fingerprint density at radius 1 is 1.15 bits per heavy atom. The van der Waals surface area contributed by atoms with E-state index in [0.29, 0.717) is 18.4 Å². The number of benzene rings is 2. The quantitative estimate of drug-likeness (QED) is 0.460. The molecule has 0 aliphatic heterocycles. The summed E-state index contributed by atoms with van der Waals surface area (Å²) in [5.41, 5.74) is 2.60. The number of halogens is 1. The van der Waals surface area contributed by atoms with Crippen LogP contribution in [0.4, 0.5) is 10.1 Å². The molecule has 34 heavy (non-hydrogen) atoms. The molecule has 1 atom stereocenters. The van der Waals surface area contributed by atoms with Crippen LogP contribution in [0.5, 0.6) is 5.75 Å². The van der Waals surface area contributed by atoms with Crippen molar-refractivity contribution in [3.8, 4) is 5.75 Å². The van der Waals surface area contributed by atoms with Gasteiger partial charge in [0.2, 0.25) is 10.0 Å². The lowest BCUT2D eigenvalue weighted by atomic mass is 9.85. The highest BCUT2D eigenvalue weighted by atomic mass is 32.2. The molecule has 186 valence electrons. The molecule has 1 fully saturated rings. The molecule has 7 heteroatoms. The summed E-state index contributed by atoms with van der Waals surface area (Å²) in [6.07, 6.45) is 6.54. The molecule has 0 spiro atoms. The number of nitrogens with one attached hydrogen (secondary N) is 1. The van der Waals surface area contributed by atoms with Crippen LogP contribution in [0.3, 0.4) is 0 Å². The molecule has 1 unspecified atom stereocenters. The van der Waals surface area contributed by atoms with Crippen molar-refractivity contribution in [1.82, 2.24) is 0 Å². The molecule has 0 aromatic heterocycles. The number of hydrogen-bond acceptors (Lipinski definition) is 4. The minimum atomic E-state index is -3.58. The second-order valence-electron chi connectivity index (χ2n) is 10.4. The van der Waals surface area contributed by atoms with Crippen LogP contribution < -0.4 is 9.46 Å². The van der Waals surface area contributed by atoms with Gasteiger partial charge in [0.25, 0.3) is 0 Å². The minimum absolute atomic E-state index is 0.00114. The summed E-state index contributed by atoms with van der Waals surface area (Å²) >= 11 is 0. The van der Waals surface area contributed by atoms with E-state index in [4.69, 9.17) is 4.74 Å². The van der Waals surface area contributed by atoms with Crippen LogP contribution in [-0.2, 0) is 26.7 Å². The molecule has 1 saturated carbocycles. The Bertz CT molecular complexity index is 1130. The SMILES string of the molecule is CC(C(=O)CCc1ccc(C(C)(C)C)cc1OC1CCCC1)c1ccc(NS(C)(=O)=O)c(F)c1. The van der Waals surface area contributed by atoms with Gasteiger partial charge in [0, 0.05) is 12.3 Å². The van der Waals surface area contributed by atoms with Crippen LogP contribution in [0.25, 0.3) is 0 Å². The van der Waals surface area contributed by atoms with Crippen LogP contribution >= 0.6 is 0 Å². The van der Waals surface area contributed by atoms with Gasteiger partial charge < -0.3 is 4.74 Å². The number of ketones is 1. The van der Waals surface area contributed by atoms with Crippen molar-refractivity contribution in [3.05, 3.63) is 58.9 Å². The highest BCUT2D eigenvalue weighted by molar-refractivity contribution is 7.92. The third kappa shape index (κ3) is 7.05. The van der Waals surface area contributed by atoms with Gasteiger partial charge in [0.15, 0.2) is 0 Å². The second-order valence-corrected chi connectivity index (χ2v) is 12.1. The second kappa shape index (κ2) is 10.5. The number of carbonyl (C=O) groups is 1. The van der Waals surface area contributed by atoms with Crippen LogP contribution in [0, 0.1) is 5.82 Å². The van der Waals surface area contributed by atoms with Gasteiger partial charge in [0.1, 0.15) is 17.3 Å². The van der Waals surface area contributed by atoms with Crippen molar-refractivity contribution < 1.29 is 22.3 Å². The molecule has 3 rings (SSSR count). The summed E-state index contributed by atoms with van der Waals surface area (Å²) in [6.45, 7) is 8.26. The van der Waals surface area contributed by atoms with Gasteiger partial charge in [0.05, 0.1) is 18.0 Å². The molecule has 1 N–H and O–H groups in total. The van der Waals surface area contributed by atoms with Crippen molar-refractivity contribution in [2.75, 3.05) is 11.0 Å². The molecule has 1 aliphatic rings. The predicted octanol–water partition coefficient (Wildman–Crippen LogP) is 6.12. The number of aryl methyl sites for hydroxylation is 1. The summed E-state index contributed by atoms with van der Waals surface area (Å²) in [4.78, 5) is 12.9. The van der Waals surface area contributed by atoms with Crippen LogP contribution in [0.15, 0.2) is 36.4 Å². The van der Waals surface area contributed by atoms with E-state index in [1.165, 1.54) is 30.5 Å². The minimum Gasteiger partial charge on any atom is -0.490 e. The van der Waals surface area contributed by atoms with Gasteiger partial charge in [-0.05, 0) is 72.4 Å². The van der Waals surface area contributed by atoms with E-state index in [1.54, 1.807) is 13.0 Å². The first-order chi connectivity index (χ1) is 15.8. The van der Waals surface area contributed by atoms with E-state index >= 15 is 0 Å². The van der Waals surface area contributed by atoms with Crippen molar-refractivity contribution in [3.63, 3.8) is 0 Å². The fourth-order valence-corrected chi connectivity index (χ4v) is 4.83. The lowest BCUT2D eigenvalue weighted by Gasteiger charge is -2.23. The van der Waals surface area contributed by atoms with Crippen molar-refractivity contribution in [2.45, 2.75) is 83.7 Å². The van der Waals surface area contributed by atoms with Gasteiger partial charge in [-0.25, -0.2) is 12.8 Å². The number of Topliss-reactive ketones (excluding diaryl/α,β-unsaturated/α-hetero) is 1. The Balaban J connectivity index is 1.72. The summed E-state index contributed by atoms with van der Waals surface area (Å²) in [5, 5.41) is 0. The third-order valence-corrected chi connectivity index (χ3v) is 7.03. The first-order valence-corrected chi connectivity index (χ1v) is 13.8. The summed E-state index contributed by atoms with van der Waals surface area (Å²) < 4.78 is 45.6. The van der Waals surface area contributed by atoms with E-state index in [2.05, 4.69) is 43.7 Å². The van der Waals surface area contributed by atoms with E-state index in [0.717, 1.165) is 30.4 Å². The van der Waals surface area contributed by atoms with Crippen LogP contribution in [0.2, 0.25) is 0 Å². The highest BCUT2D eigenvalue weighted by Crippen LogP contribution is 2.33. The van der Waals surface area contributed by atoms with Gasteiger partial charge in [-0.3, -0.25) is 9.52 Å². The molecule has 5 nitrogen and oxygen atoms in total. The zero-order valence-electron chi connectivity index (χ0n) is 20.8. The molecule has 1 aliphatic carbocycles. The van der Waals surface area contributed by atoms with Crippen molar-refractivity contribution in [1.29, 1.82) is 0 Å². The number of ether oxygens (including phenoxy) is 1. The predicted molar refractivity (Wildman–Crippen MR) is 135 cm³/mol. The third-order valence-electron chi connectivity index (χ3n) is 6.44. The average molecular weight is 490 g/mol. The lowest BCUT2D eigenvalue weighted by Crippen LogP contribution is -2.16. The van der Waals surface area contributed by atoms with Crippen molar-refractivity contribution in [2.24, 2.45) is 0 Å². The van der Waals surface area contributed by atoms with Gasteiger partial charge in [-0.15, -0.1) is 0 Å². The van der Waals surface area contributed by atoms with Crippen LogP contribution in [-0.4, -0.2) is 26.6 Å². The molecular formula is C27H36FNO4S. The maximum Gasteiger partial charge on any atom is 0.229 e. The molecule has 0 saturated heterocycles. The fourth-order valence-electron chi connectivity index (χ4n) is 4.27. The first kappa shape index (κ1) is 26.2. The molecule has 0 amide bonds. The number of rotatable bonds is 9. The number of carbonyl (C=O) groups excluding carboxylic acids is 1. The van der Waals surface area contributed by atoms with E-state index < -0.39 is 21.8 Å². The zero-order chi connectivity index (χ0) is 25.1. The lowest BCUT2D eigenvalue weighted by molar-refractivity contribution is -0.120. The average Bonchev–Trinajstić information content (AvgIpc) is 3.25. The van der Waals surface area contributed by atoms with Gasteiger partial charge in [-0.2, -0.15) is 0 Å². The smallest absolute Gasteiger partial charge is 0.229 e. The summed E-state index contributed by atoms with van der Waals surface area (Å²) in [7, 11) is -3.58. The first-order valence-electron chi connectivity index (χ1n) is 11.9. The Kier molecular flexibility index (Phi) is 8.06. The number of anilines is 1. The monoisotopic (exact) mass is 489 g/mol. The maximum absolute atomic E-state index is 14.4. The Morgan fingerprint density at radius 3 is 2.41 bits per heavy atom. The maximum atomic E-state index is 14.4. The largest absolute Gasteiger partial charge is 0.490 e. The Morgan fingerprint density at radius 2 is 1.82 bits per heavy atom. The molecule has 2 aromatic rings. The number of sulfonamides is 1. The van der Waals surface area contributed by atoms with Gasteiger partial charge >= 0.3 is 0 Å². The normalized spacial score (nSPS) is 15.8. The zero-order valence-corrected chi connectivity index (χ0v) is 21.6. The molecule has 0 heterocycles. The summed E-state index contributed by atoms with van der Waals surface area (Å²) in [6, 6.07) is 10.5. The van der Waals surface area contributed by atoms with E-state index in [1.807, 2.05) is 0 Å². The Hall–Kier alpha value is -2.41. The van der Waals surface area contributed by atoms with Crippen LogP contribution in [0.1, 0.15) is 82.4 Å². The standard InChI is InChI=1S/C27H36FNO4S/c1-18(20-11-14-24(23(28)16-20)29-34(5,31)32)25(30)15-12-19-10-13-21(27(2,3)4)17-26(19)33-22-8-6-7-9-22/h10-11,13-14,16-18,22,29H,6-9,12,15H2,1-5H3. The molecule has 0 bridgehead atoms. The van der Waals surface area contributed by atoms with E-state index in [-0.39, 0.29) is 23.0 Å².